The Labute approximate surface area is 133 Å². The lowest BCUT2D eigenvalue weighted by molar-refractivity contribution is 0.276. The predicted molar refractivity (Wildman–Crippen MR) is 87.9 cm³/mol. The quantitative estimate of drug-likeness (QED) is 0.627. The molecule has 0 amide bonds. The molecule has 0 fully saturated rings. The second-order valence-electron chi connectivity index (χ2n) is 5.07. The average molecular weight is 317 g/mol. The molecule has 0 unspecified atom stereocenters. The van der Waals surface area contributed by atoms with Crippen LogP contribution in [0.1, 0.15) is 26.2 Å². The molecular weight excluding hydrogens is 298 g/mol. The van der Waals surface area contributed by atoms with Gasteiger partial charge in [0.15, 0.2) is 5.16 Å². The third kappa shape index (κ3) is 3.87. The van der Waals surface area contributed by atoms with Crippen molar-refractivity contribution in [3.63, 3.8) is 0 Å². The van der Waals surface area contributed by atoms with Crippen molar-refractivity contribution in [1.82, 2.24) is 9.55 Å². The Kier molecular flexibility index (Phi) is 5.99. The molecule has 0 aliphatic rings. The predicted octanol–water partition coefficient (Wildman–Crippen LogP) is 2.56. The summed E-state index contributed by atoms with van der Waals surface area (Å²) in [4.78, 5) is 17.2. The standard InChI is InChI=1S/C16H19N3O2S/c1-12(6-4-9-17)22-16-18-14-8-3-2-7-13(14)15(21)19(16)10-5-11-20/h2-3,7-8,12,20H,4-6,10-11H2,1H3/t12-/m1/s1. The van der Waals surface area contributed by atoms with Crippen molar-refractivity contribution in [3.8, 4) is 6.07 Å². The normalized spacial score (nSPS) is 12.2. The van der Waals surface area contributed by atoms with Gasteiger partial charge >= 0.3 is 0 Å². The molecule has 2 aromatic rings. The number of nitriles is 1. The van der Waals surface area contributed by atoms with Crippen LogP contribution in [-0.2, 0) is 6.54 Å². The number of aliphatic hydroxyl groups is 1. The first kappa shape index (κ1) is 16.5. The fraction of sp³-hybridized carbons (Fsp3) is 0.438. The smallest absolute Gasteiger partial charge is 0.262 e. The van der Waals surface area contributed by atoms with Gasteiger partial charge in [-0.1, -0.05) is 30.8 Å². The Balaban J connectivity index is 2.41. The minimum Gasteiger partial charge on any atom is -0.396 e. The van der Waals surface area contributed by atoms with Crippen LogP contribution in [0, 0.1) is 11.3 Å². The molecule has 2 rings (SSSR count). The molecule has 5 nitrogen and oxygen atoms in total. The fourth-order valence-corrected chi connectivity index (χ4v) is 3.22. The van der Waals surface area contributed by atoms with Crippen LogP contribution in [0.2, 0.25) is 0 Å². The van der Waals surface area contributed by atoms with E-state index in [4.69, 9.17) is 10.4 Å². The lowest BCUT2D eigenvalue weighted by Gasteiger charge is -2.15. The highest BCUT2D eigenvalue weighted by molar-refractivity contribution is 7.99. The van der Waals surface area contributed by atoms with E-state index < -0.39 is 0 Å². The molecular formula is C16H19N3O2S. The molecule has 1 atom stereocenters. The maximum absolute atomic E-state index is 12.6. The molecule has 1 N–H and O–H groups in total. The lowest BCUT2D eigenvalue weighted by atomic mass is 10.2. The Morgan fingerprint density at radius 1 is 1.45 bits per heavy atom. The van der Waals surface area contributed by atoms with Crippen LogP contribution in [-0.4, -0.2) is 26.5 Å². The maximum atomic E-state index is 12.6. The van der Waals surface area contributed by atoms with Crippen LogP contribution in [0.25, 0.3) is 10.9 Å². The van der Waals surface area contributed by atoms with Crippen LogP contribution in [0.15, 0.2) is 34.2 Å². The van der Waals surface area contributed by atoms with Crippen molar-refractivity contribution in [2.75, 3.05) is 6.61 Å². The molecule has 0 saturated carbocycles. The summed E-state index contributed by atoms with van der Waals surface area (Å²) in [6.45, 7) is 2.51. The monoisotopic (exact) mass is 317 g/mol. The van der Waals surface area contributed by atoms with E-state index in [1.54, 1.807) is 10.6 Å². The van der Waals surface area contributed by atoms with Gasteiger partial charge in [0.25, 0.3) is 5.56 Å². The van der Waals surface area contributed by atoms with Crippen LogP contribution < -0.4 is 5.56 Å². The summed E-state index contributed by atoms with van der Waals surface area (Å²) in [5.74, 6) is 0. The SMILES string of the molecule is C[C@H](CCC#N)Sc1nc2ccccc2c(=O)n1CCCO. The van der Waals surface area contributed by atoms with Crippen molar-refractivity contribution in [2.24, 2.45) is 0 Å². The summed E-state index contributed by atoms with van der Waals surface area (Å²) in [6, 6.07) is 9.43. The van der Waals surface area contributed by atoms with Gasteiger partial charge in [0, 0.05) is 24.8 Å². The van der Waals surface area contributed by atoms with Gasteiger partial charge in [-0.15, -0.1) is 0 Å². The minimum atomic E-state index is -0.0750. The van der Waals surface area contributed by atoms with Gasteiger partial charge < -0.3 is 5.11 Å². The molecule has 0 radical (unpaired) electrons. The largest absolute Gasteiger partial charge is 0.396 e. The molecule has 0 saturated heterocycles. The van der Waals surface area contributed by atoms with E-state index in [9.17, 15) is 4.79 Å². The van der Waals surface area contributed by atoms with Crippen LogP contribution in [0.5, 0.6) is 0 Å². The number of para-hydroxylation sites is 1. The second kappa shape index (κ2) is 7.97. The maximum Gasteiger partial charge on any atom is 0.262 e. The number of hydrogen-bond donors (Lipinski definition) is 1. The van der Waals surface area contributed by atoms with Gasteiger partial charge in [-0.25, -0.2) is 4.98 Å². The minimum absolute atomic E-state index is 0.0351. The summed E-state index contributed by atoms with van der Waals surface area (Å²) in [5.41, 5.74) is 0.608. The highest BCUT2D eigenvalue weighted by Gasteiger charge is 2.14. The first-order valence-corrected chi connectivity index (χ1v) is 8.19. The van der Waals surface area contributed by atoms with Gasteiger partial charge in [0.05, 0.1) is 17.0 Å². The molecule has 0 aliphatic carbocycles. The zero-order valence-electron chi connectivity index (χ0n) is 12.5. The third-order valence-corrected chi connectivity index (χ3v) is 4.50. The van der Waals surface area contributed by atoms with Crippen LogP contribution in [0.3, 0.4) is 0 Å². The molecule has 0 spiro atoms. The highest BCUT2D eigenvalue weighted by atomic mass is 32.2. The van der Waals surface area contributed by atoms with Crippen molar-refractivity contribution >= 4 is 22.7 Å². The summed E-state index contributed by atoms with van der Waals surface area (Å²) >= 11 is 1.51. The summed E-state index contributed by atoms with van der Waals surface area (Å²) in [7, 11) is 0. The summed E-state index contributed by atoms with van der Waals surface area (Å²) < 4.78 is 1.63. The topological polar surface area (TPSA) is 78.9 Å². The van der Waals surface area contributed by atoms with Crippen molar-refractivity contribution in [3.05, 3.63) is 34.6 Å². The Hall–Kier alpha value is -1.84. The van der Waals surface area contributed by atoms with Crippen LogP contribution in [0.4, 0.5) is 0 Å². The molecule has 6 heteroatoms. The number of hydrogen-bond acceptors (Lipinski definition) is 5. The number of aliphatic hydroxyl groups excluding tert-OH is 1. The molecule has 1 aromatic heterocycles. The highest BCUT2D eigenvalue weighted by Crippen LogP contribution is 2.25. The van der Waals surface area contributed by atoms with Crippen molar-refractivity contribution in [2.45, 2.75) is 43.1 Å². The van der Waals surface area contributed by atoms with Gasteiger partial charge in [-0.3, -0.25) is 9.36 Å². The number of fused-ring (bicyclic) bond motifs is 1. The number of rotatable bonds is 7. The van der Waals surface area contributed by atoms with E-state index in [1.165, 1.54) is 11.8 Å². The Bertz CT molecular complexity index is 736. The van der Waals surface area contributed by atoms with E-state index in [0.717, 1.165) is 6.42 Å². The van der Waals surface area contributed by atoms with Crippen LogP contribution >= 0.6 is 11.8 Å². The average Bonchev–Trinajstić information content (AvgIpc) is 2.52. The van der Waals surface area contributed by atoms with Gasteiger partial charge in [0.2, 0.25) is 0 Å². The first-order chi connectivity index (χ1) is 10.7. The molecule has 1 heterocycles. The fourth-order valence-electron chi connectivity index (χ4n) is 2.17. The molecule has 0 bridgehead atoms. The number of benzene rings is 1. The zero-order chi connectivity index (χ0) is 15.9. The molecule has 116 valence electrons. The second-order valence-corrected chi connectivity index (χ2v) is 6.48. The Morgan fingerprint density at radius 3 is 2.95 bits per heavy atom. The van der Waals surface area contributed by atoms with E-state index in [0.29, 0.717) is 35.4 Å². The van der Waals surface area contributed by atoms with E-state index in [2.05, 4.69) is 11.1 Å². The van der Waals surface area contributed by atoms with E-state index in [1.807, 2.05) is 25.1 Å². The number of nitrogens with zero attached hydrogens (tertiary/aromatic N) is 3. The molecule has 0 aliphatic heterocycles. The molecule has 1 aromatic carbocycles. The zero-order valence-corrected chi connectivity index (χ0v) is 13.3. The van der Waals surface area contributed by atoms with Crippen molar-refractivity contribution in [1.29, 1.82) is 5.26 Å². The van der Waals surface area contributed by atoms with Gasteiger partial charge in [-0.2, -0.15) is 5.26 Å². The third-order valence-electron chi connectivity index (χ3n) is 3.34. The van der Waals surface area contributed by atoms with Crippen molar-refractivity contribution < 1.29 is 5.11 Å². The van der Waals surface area contributed by atoms with Gasteiger partial charge in [-0.05, 0) is 25.0 Å². The van der Waals surface area contributed by atoms with E-state index in [-0.39, 0.29) is 17.4 Å². The molecule has 22 heavy (non-hydrogen) atoms. The Morgan fingerprint density at radius 2 is 2.23 bits per heavy atom. The number of aromatic nitrogens is 2. The van der Waals surface area contributed by atoms with E-state index >= 15 is 0 Å². The summed E-state index contributed by atoms with van der Waals surface area (Å²) in [5, 5.41) is 19.2. The van der Waals surface area contributed by atoms with Gasteiger partial charge in [0.1, 0.15) is 0 Å². The summed E-state index contributed by atoms with van der Waals surface area (Å²) in [6.07, 6.45) is 1.76. The number of thioether (sulfide) groups is 1. The first-order valence-electron chi connectivity index (χ1n) is 7.31. The lowest BCUT2D eigenvalue weighted by Crippen LogP contribution is -2.24.